The fourth-order valence-corrected chi connectivity index (χ4v) is 4.48. The maximum absolute atomic E-state index is 12.2. The molecule has 7 nitrogen and oxygen atoms in total. The van der Waals surface area contributed by atoms with E-state index in [0.717, 1.165) is 21.8 Å². The molecule has 0 atom stereocenters. The maximum Gasteiger partial charge on any atom is 0.348 e. The average molecular weight is 529 g/mol. The van der Waals surface area contributed by atoms with Crippen LogP contribution in [0.4, 0.5) is 10.8 Å². The average Bonchev–Trinajstić information content (AvgIpc) is 3.32. The Labute approximate surface area is 200 Å². The van der Waals surface area contributed by atoms with Crippen molar-refractivity contribution in [3.8, 4) is 28.5 Å². The lowest BCUT2D eigenvalue weighted by molar-refractivity contribution is 0.0384. The summed E-state index contributed by atoms with van der Waals surface area (Å²) in [5.74, 6) is 1.33. The Bertz CT molecular complexity index is 1020. The second-order valence-electron chi connectivity index (χ2n) is 6.61. The number of halogens is 1. The number of aromatic nitrogens is 1. The van der Waals surface area contributed by atoms with Gasteiger partial charge in [-0.2, -0.15) is 0 Å². The zero-order chi connectivity index (χ0) is 21.8. The molecule has 0 unspecified atom stereocenters. The third-order valence-corrected chi connectivity index (χ3v) is 5.95. The van der Waals surface area contributed by atoms with Crippen molar-refractivity contribution >= 4 is 56.4 Å². The molecule has 0 radical (unpaired) electrons. The first kappa shape index (κ1) is 25.0. The molecule has 2 heterocycles. The van der Waals surface area contributed by atoms with E-state index in [1.807, 2.05) is 44.4 Å². The van der Waals surface area contributed by atoms with Crippen molar-refractivity contribution in [3.05, 3.63) is 33.3 Å². The molecule has 0 spiro atoms. The van der Waals surface area contributed by atoms with Crippen LogP contribution in [0.25, 0.3) is 11.3 Å². The van der Waals surface area contributed by atoms with E-state index < -0.39 is 0 Å². The molecule has 0 amide bonds. The number of benzene rings is 1. The van der Waals surface area contributed by atoms with Gasteiger partial charge in [0.2, 0.25) is 5.75 Å². The van der Waals surface area contributed by atoms with E-state index in [1.165, 1.54) is 22.7 Å². The second kappa shape index (κ2) is 10.8. The van der Waals surface area contributed by atoms with Crippen molar-refractivity contribution < 1.29 is 23.7 Å². The molecule has 10 heteroatoms. The second-order valence-corrected chi connectivity index (χ2v) is 8.73. The first-order valence-electron chi connectivity index (χ1n) is 9.20. The molecule has 0 aliphatic rings. The van der Waals surface area contributed by atoms with Gasteiger partial charge < -0.3 is 24.3 Å². The number of anilines is 2. The van der Waals surface area contributed by atoms with E-state index in [9.17, 15) is 4.79 Å². The fourth-order valence-electron chi connectivity index (χ4n) is 2.84. The number of nitrogens with zero attached hydrogens (tertiary/aromatic N) is 1. The van der Waals surface area contributed by atoms with Gasteiger partial charge >= 0.3 is 5.97 Å². The first-order valence-corrected chi connectivity index (χ1v) is 10.9. The fraction of sp³-hybridized carbons (Fsp3) is 0.333. The summed E-state index contributed by atoms with van der Waals surface area (Å²) >= 11 is 2.88. The number of ether oxygens (including phenoxy) is 4. The molecular formula is C21H25BrN2O5S2. The van der Waals surface area contributed by atoms with Gasteiger partial charge in [-0.3, -0.25) is 0 Å². The SMILES string of the molecule is Br.COc1cc(Nc2nc(-c3cc(C(=O)OC(C)C)sc3C)cs2)cc(OC)c1OC. The van der Waals surface area contributed by atoms with Crippen molar-refractivity contribution in [2.75, 3.05) is 26.6 Å². The number of hydrogen-bond acceptors (Lipinski definition) is 9. The maximum atomic E-state index is 12.2. The minimum absolute atomic E-state index is 0. The van der Waals surface area contributed by atoms with Crippen LogP contribution in [0.3, 0.4) is 0 Å². The van der Waals surface area contributed by atoms with Crippen LogP contribution in [0, 0.1) is 6.92 Å². The highest BCUT2D eigenvalue weighted by Gasteiger charge is 2.18. The van der Waals surface area contributed by atoms with E-state index in [4.69, 9.17) is 18.9 Å². The number of esters is 1. The Kier molecular flexibility index (Phi) is 8.72. The van der Waals surface area contributed by atoms with Gasteiger partial charge in [0.15, 0.2) is 16.6 Å². The van der Waals surface area contributed by atoms with Gasteiger partial charge in [0.1, 0.15) is 4.88 Å². The number of hydrogen-bond donors (Lipinski definition) is 1. The van der Waals surface area contributed by atoms with Crippen LogP contribution in [0.5, 0.6) is 17.2 Å². The third-order valence-electron chi connectivity index (χ3n) is 4.16. The largest absolute Gasteiger partial charge is 0.493 e. The Balaban J connectivity index is 0.00000341. The predicted molar refractivity (Wildman–Crippen MR) is 130 cm³/mol. The molecule has 0 bridgehead atoms. The van der Waals surface area contributed by atoms with E-state index >= 15 is 0 Å². The minimum atomic E-state index is -0.310. The van der Waals surface area contributed by atoms with Gasteiger partial charge in [-0.15, -0.1) is 39.7 Å². The first-order chi connectivity index (χ1) is 14.4. The number of aryl methyl sites for hydroxylation is 1. The van der Waals surface area contributed by atoms with Crippen LogP contribution < -0.4 is 19.5 Å². The van der Waals surface area contributed by atoms with Crippen LogP contribution >= 0.6 is 39.7 Å². The van der Waals surface area contributed by atoms with Crippen molar-refractivity contribution in [1.29, 1.82) is 0 Å². The molecular weight excluding hydrogens is 504 g/mol. The van der Waals surface area contributed by atoms with Crippen molar-refractivity contribution in [2.45, 2.75) is 26.9 Å². The number of carbonyl (C=O) groups excluding carboxylic acids is 1. The lowest BCUT2D eigenvalue weighted by Crippen LogP contribution is -2.09. The number of rotatable bonds is 8. The number of methoxy groups -OCH3 is 3. The van der Waals surface area contributed by atoms with Crippen LogP contribution in [0.1, 0.15) is 28.4 Å². The summed E-state index contributed by atoms with van der Waals surface area (Å²) in [5.41, 5.74) is 2.48. The van der Waals surface area contributed by atoms with E-state index in [-0.39, 0.29) is 29.1 Å². The molecule has 168 valence electrons. The summed E-state index contributed by atoms with van der Waals surface area (Å²) in [7, 11) is 4.71. The van der Waals surface area contributed by atoms with Crippen LogP contribution in [0.15, 0.2) is 23.6 Å². The van der Waals surface area contributed by atoms with Crippen LogP contribution in [0.2, 0.25) is 0 Å². The molecule has 0 aliphatic heterocycles. The van der Waals surface area contributed by atoms with Gasteiger partial charge in [0.25, 0.3) is 0 Å². The molecule has 0 saturated carbocycles. The molecule has 0 fully saturated rings. The summed E-state index contributed by atoms with van der Waals surface area (Å²) in [6, 6.07) is 5.47. The smallest absolute Gasteiger partial charge is 0.348 e. The predicted octanol–water partition coefficient (Wildman–Crippen LogP) is 6.09. The normalized spacial score (nSPS) is 10.4. The zero-order valence-corrected chi connectivity index (χ0v) is 21.4. The van der Waals surface area contributed by atoms with Crippen molar-refractivity contribution in [3.63, 3.8) is 0 Å². The molecule has 0 saturated heterocycles. The number of nitrogens with one attached hydrogen (secondary N) is 1. The summed E-state index contributed by atoms with van der Waals surface area (Å²) in [4.78, 5) is 18.5. The Morgan fingerprint density at radius 2 is 1.71 bits per heavy atom. The number of thiazole rings is 1. The standard InChI is InChI=1S/C21H24N2O5S2.BrH/c1-11(2)28-20(24)18-9-14(12(3)30-18)15-10-29-21(23-15)22-13-7-16(25-4)19(27-6)17(8-13)26-5;/h7-11H,1-6H3,(H,22,23);1H. The van der Waals surface area contributed by atoms with Gasteiger partial charge in [-0.1, -0.05) is 0 Å². The Hall–Kier alpha value is -2.30. The topological polar surface area (TPSA) is 78.9 Å². The summed E-state index contributed by atoms with van der Waals surface area (Å²) < 4.78 is 21.4. The summed E-state index contributed by atoms with van der Waals surface area (Å²) in [6.07, 6.45) is -0.156. The highest BCUT2D eigenvalue weighted by Crippen LogP contribution is 2.41. The van der Waals surface area contributed by atoms with Gasteiger partial charge in [0.05, 0.1) is 33.1 Å². The molecule has 0 aliphatic carbocycles. The molecule has 2 aromatic heterocycles. The van der Waals surface area contributed by atoms with E-state index in [0.29, 0.717) is 27.3 Å². The van der Waals surface area contributed by atoms with Gasteiger partial charge in [-0.25, -0.2) is 9.78 Å². The molecule has 3 aromatic rings. The quantitative estimate of drug-likeness (QED) is 0.354. The molecule has 1 N–H and O–H groups in total. The minimum Gasteiger partial charge on any atom is -0.493 e. The Morgan fingerprint density at radius 1 is 1.06 bits per heavy atom. The summed E-state index contributed by atoms with van der Waals surface area (Å²) in [5, 5.41) is 5.93. The van der Waals surface area contributed by atoms with E-state index in [2.05, 4.69) is 10.3 Å². The lowest BCUT2D eigenvalue weighted by atomic mass is 10.2. The van der Waals surface area contributed by atoms with Crippen molar-refractivity contribution in [2.24, 2.45) is 0 Å². The number of thiophene rings is 1. The monoisotopic (exact) mass is 528 g/mol. The zero-order valence-electron chi connectivity index (χ0n) is 18.1. The van der Waals surface area contributed by atoms with Gasteiger partial charge in [0, 0.05) is 33.6 Å². The van der Waals surface area contributed by atoms with E-state index in [1.54, 1.807) is 21.3 Å². The van der Waals surface area contributed by atoms with Crippen LogP contribution in [-0.2, 0) is 4.74 Å². The highest BCUT2D eigenvalue weighted by atomic mass is 79.9. The number of carbonyl (C=O) groups is 1. The van der Waals surface area contributed by atoms with Gasteiger partial charge in [-0.05, 0) is 26.8 Å². The summed E-state index contributed by atoms with van der Waals surface area (Å²) in [6.45, 7) is 5.64. The van der Waals surface area contributed by atoms with Crippen molar-refractivity contribution in [1.82, 2.24) is 4.98 Å². The lowest BCUT2D eigenvalue weighted by Gasteiger charge is -2.14. The Morgan fingerprint density at radius 3 is 2.26 bits per heavy atom. The molecule has 3 rings (SSSR count). The highest BCUT2D eigenvalue weighted by molar-refractivity contribution is 8.93. The molecule has 31 heavy (non-hydrogen) atoms. The van der Waals surface area contributed by atoms with Crippen LogP contribution in [-0.4, -0.2) is 38.4 Å². The molecule has 1 aromatic carbocycles. The third kappa shape index (κ3) is 5.69.